The van der Waals surface area contributed by atoms with Crippen molar-refractivity contribution in [3.05, 3.63) is 39.6 Å². The number of aryl methyl sites for hydroxylation is 2. The Bertz CT molecular complexity index is 836. The van der Waals surface area contributed by atoms with Gasteiger partial charge >= 0.3 is 5.97 Å². The van der Waals surface area contributed by atoms with Crippen molar-refractivity contribution in [3.63, 3.8) is 0 Å². The topological polar surface area (TPSA) is 82.5 Å². The second kappa shape index (κ2) is 8.42. The van der Waals surface area contributed by atoms with Gasteiger partial charge in [-0.15, -0.1) is 0 Å². The molecule has 2 aromatic rings. The standard InChI is InChI=1S/C17H19Cl2N3O4/c1-9-16(10(2)22(4)21-9)20-15(23)8-25-17(24)11(3)26-14-6-5-12(18)7-13(14)19/h5-7,11H,8H2,1-4H3,(H,20,23)/t11-/m0/s1. The molecule has 1 amide bonds. The number of esters is 1. The molecule has 140 valence electrons. The quantitative estimate of drug-likeness (QED) is 0.753. The number of halogens is 2. The molecule has 1 heterocycles. The van der Waals surface area contributed by atoms with E-state index in [1.54, 1.807) is 30.8 Å². The highest BCUT2D eigenvalue weighted by Gasteiger charge is 2.20. The lowest BCUT2D eigenvalue weighted by atomic mass is 10.3. The molecule has 0 saturated carbocycles. The van der Waals surface area contributed by atoms with Gasteiger partial charge in [-0.3, -0.25) is 9.48 Å². The fraction of sp³-hybridized carbons (Fsp3) is 0.353. The maximum Gasteiger partial charge on any atom is 0.347 e. The summed E-state index contributed by atoms with van der Waals surface area (Å²) in [6, 6.07) is 4.64. The van der Waals surface area contributed by atoms with Crippen LogP contribution in [-0.4, -0.2) is 34.4 Å². The van der Waals surface area contributed by atoms with Crippen LogP contribution in [0.15, 0.2) is 18.2 Å². The predicted octanol–water partition coefficient (Wildman–Crippen LogP) is 3.29. The minimum Gasteiger partial charge on any atom is -0.477 e. The van der Waals surface area contributed by atoms with E-state index in [9.17, 15) is 9.59 Å². The number of benzene rings is 1. The molecule has 0 aliphatic rings. The van der Waals surface area contributed by atoms with Gasteiger partial charge in [0, 0.05) is 12.1 Å². The smallest absolute Gasteiger partial charge is 0.347 e. The van der Waals surface area contributed by atoms with E-state index in [1.807, 2.05) is 6.92 Å². The number of hydrogen-bond donors (Lipinski definition) is 1. The molecule has 0 fully saturated rings. The van der Waals surface area contributed by atoms with Gasteiger partial charge in [0.05, 0.1) is 22.1 Å². The Morgan fingerprint density at radius 1 is 1.31 bits per heavy atom. The Kier molecular flexibility index (Phi) is 6.50. The number of hydrogen-bond acceptors (Lipinski definition) is 5. The SMILES string of the molecule is Cc1nn(C)c(C)c1NC(=O)COC(=O)[C@H](C)Oc1ccc(Cl)cc1Cl. The number of nitrogens with zero attached hydrogens (tertiary/aromatic N) is 2. The number of carbonyl (C=O) groups excluding carboxylic acids is 2. The molecule has 0 aliphatic carbocycles. The molecule has 0 radical (unpaired) electrons. The summed E-state index contributed by atoms with van der Waals surface area (Å²) in [7, 11) is 1.78. The molecule has 0 aliphatic heterocycles. The van der Waals surface area contributed by atoms with Gasteiger partial charge in [-0.2, -0.15) is 5.10 Å². The number of rotatable bonds is 6. The number of carbonyl (C=O) groups is 2. The lowest BCUT2D eigenvalue weighted by Gasteiger charge is -2.15. The van der Waals surface area contributed by atoms with Gasteiger partial charge in [-0.25, -0.2) is 4.79 Å². The second-order valence-electron chi connectivity index (χ2n) is 5.66. The average Bonchev–Trinajstić information content (AvgIpc) is 2.81. The Morgan fingerprint density at radius 3 is 2.58 bits per heavy atom. The molecule has 26 heavy (non-hydrogen) atoms. The van der Waals surface area contributed by atoms with Crippen LogP contribution in [0.5, 0.6) is 5.75 Å². The summed E-state index contributed by atoms with van der Waals surface area (Å²) in [5.74, 6) is -0.855. The summed E-state index contributed by atoms with van der Waals surface area (Å²) < 4.78 is 12.1. The van der Waals surface area contributed by atoms with Crippen molar-refractivity contribution in [1.82, 2.24) is 9.78 Å². The molecule has 0 unspecified atom stereocenters. The predicted molar refractivity (Wildman–Crippen MR) is 98.8 cm³/mol. The summed E-state index contributed by atoms with van der Waals surface area (Å²) in [6.07, 6.45) is -0.941. The summed E-state index contributed by atoms with van der Waals surface area (Å²) in [6.45, 7) is 4.67. The highest BCUT2D eigenvalue weighted by Crippen LogP contribution is 2.28. The molecule has 9 heteroatoms. The van der Waals surface area contributed by atoms with Crippen molar-refractivity contribution in [1.29, 1.82) is 0 Å². The molecular weight excluding hydrogens is 381 g/mol. The minimum absolute atomic E-state index is 0.275. The fourth-order valence-corrected chi connectivity index (χ4v) is 2.65. The molecule has 1 N–H and O–H groups in total. The van der Waals surface area contributed by atoms with Crippen molar-refractivity contribution in [2.24, 2.45) is 7.05 Å². The largest absolute Gasteiger partial charge is 0.477 e. The van der Waals surface area contributed by atoms with E-state index < -0.39 is 24.6 Å². The highest BCUT2D eigenvalue weighted by atomic mass is 35.5. The van der Waals surface area contributed by atoms with Crippen LogP contribution >= 0.6 is 23.2 Å². The number of aromatic nitrogens is 2. The third-order valence-electron chi connectivity index (χ3n) is 3.65. The summed E-state index contributed by atoms with van der Waals surface area (Å²) >= 11 is 11.8. The Morgan fingerprint density at radius 2 is 2.00 bits per heavy atom. The number of amides is 1. The van der Waals surface area contributed by atoms with Gasteiger partial charge in [-0.05, 0) is 39.0 Å². The van der Waals surface area contributed by atoms with Gasteiger partial charge in [0.1, 0.15) is 5.75 Å². The third kappa shape index (κ3) is 4.89. The van der Waals surface area contributed by atoms with Gasteiger partial charge in [0.2, 0.25) is 0 Å². The van der Waals surface area contributed by atoms with Crippen LogP contribution in [0.2, 0.25) is 10.0 Å². The van der Waals surface area contributed by atoms with E-state index in [0.29, 0.717) is 22.2 Å². The Balaban J connectivity index is 1.88. The Hall–Kier alpha value is -2.25. The number of ether oxygens (including phenoxy) is 2. The fourth-order valence-electron chi connectivity index (χ4n) is 2.19. The first kappa shape index (κ1) is 20.1. The summed E-state index contributed by atoms with van der Waals surface area (Å²) in [4.78, 5) is 24.0. The van der Waals surface area contributed by atoms with E-state index in [-0.39, 0.29) is 5.02 Å². The van der Waals surface area contributed by atoms with Crippen molar-refractivity contribution < 1.29 is 19.1 Å². The van der Waals surface area contributed by atoms with E-state index >= 15 is 0 Å². The first-order valence-corrected chi connectivity index (χ1v) is 8.53. The molecule has 1 aromatic carbocycles. The third-order valence-corrected chi connectivity index (χ3v) is 4.18. The number of nitrogens with one attached hydrogen (secondary N) is 1. The lowest BCUT2D eigenvalue weighted by molar-refractivity contribution is -0.153. The monoisotopic (exact) mass is 399 g/mol. The van der Waals surface area contributed by atoms with Crippen molar-refractivity contribution >= 4 is 40.8 Å². The Labute approximate surface area is 161 Å². The average molecular weight is 400 g/mol. The molecule has 0 spiro atoms. The molecule has 7 nitrogen and oxygen atoms in total. The van der Waals surface area contributed by atoms with Gasteiger partial charge in [0.15, 0.2) is 12.7 Å². The van der Waals surface area contributed by atoms with Gasteiger partial charge in [-0.1, -0.05) is 23.2 Å². The molecule has 0 bridgehead atoms. The van der Waals surface area contributed by atoms with Crippen LogP contribution in [0.4, 0.5) is 5.69 Å². The summed E-state index contributed by atoms with van der Waals surface area (Å²) in [5, 5.41) is 7.61. The zero-order chi connectivity index (χ0) is 19.4. The van der Waals surface area contributed by atoms with Gasteiger partial charge in [0.25, 0.3) is 5.91 Å². The van der Waals surface area contributed by atoms with Crippen LogP contribution in [0.25, 0.3) is 0 Å². The summed E-state index contributed by atoms with van der Waals surface area (Å²) in [5.41, 5.74) is 2.08. The molecule has 1 aromatic heterocycles. The van der Waals surface area contributed by atoms with Crippen molar-refractivity contribution in [2.45, 2.75) is 26.9 Å². The second-order valence-corrected chi connectivity index (χ2v) is 6.50. The van der Waals surface area contributed by atoms with Crippen molar-refractivity contribution in [3.8, 4) is 5.75 Å². The van der Waals surface area contributed by atoms with Crippen LogP contribution in [0.1, 0.15) is 18.3 Å². The lowest BCUT2D eigenvalue weighted by Crippen LogP contribution is -2.30. The van der Waals surface area contributed by atoms with Crippen molar-refractivity contribution in [2.75, 3.05) is 11.9 Å². The first-order chi connectivity index (χ1) is 12.2. The first-order valence-electron chi connectivity index (χ1n) is 7.77. The van der Waals surface area contributed by atoms with Crippen LogP contribution in [-0.2, 0) is 21.4 Å². The van der Waals surface area contributed by atoms with Gasteiger partial charge < -0.3 is 14.8 Å². The van der Waals surface area contributed by atoms with Crippen LogP contribution in [0.3, 0.4) is 0 Å². The molecule has 2 rings (SSSR count). The van der Waals surface area contributed by atoms with E-state index in [2.05, 4.69) is 10.4 Å². The maximum absolute atomic E-state index is 12.0. The van der Waals surface area contributed by atoms with E-state index in [4.69, 9.17) is 32.7 Å². The molecule has 1 atom stereocenters. The number of anilines is 1. The highest BCUT2D eigenvalue weighted by molar-refractivity contribution is 6.35. The normalized spacial score (nSPS) is 11.8. The molecule has 0 saturated heterocycles. The zero-order valence-electron chi connectivity index (χ0n) is 14.8. The maximum atomic E-state index is 12.0. The van der Waals surface area contributed by atoms with Crippen LogP contribution in [0, 0.1) is 13.8 Å². The minimum atomic E-state index is -0.941. The van der Waals surface area contributed by atoms with E-state index in [1.165, 1.54) is 13.0 Å². The zero-order valence-corrected chi connectivity index (χ0v) is 16.3. The van der Waals surface area contributed by atoms with Crippen LogP contribution < -0.4 is 10.1 Å². The van der Waals surface area contributed by atoms with E-state index in [0.717, 1.165) is 5.69 Å². The molecular formula is C17H19Cl2N3O4.